The van der Waals surface area contributed by atoms with Crippen molar-refractivity contribution in [3.05, 3.63) is 105 Å². The Morgan fingerprint density at radius 2 is 1.71 bits per heavy atom. The predicted octanol–water partition coefficient (Wildman–Crippen LogP) is 4.95. The summed E-state index contributed by atoms with van der Waals surface area (Å²) in [4.78, 5) is 48.1. The number of likely N-dealkylation sites (tertiary alicyclic amines) is 1. The van der Waals surface area contributed by atoms with E-state index >= 15 is 0 Å². The van der Waals surface area contributed by atoms with Crippen molar-refractivity contribution in [2.45, 2.75) is 32.0 Å². The van der Waals surface area contributed by atoms with Crippen LogP contribution in [-0.4, -0.2) is 70.9 Å². The van der Waals surface area contributed by atoms with E-state index in [-0.39, 0.29) is 29.3 Å². The van der Waals surface area contributed by atoms with Crippen LogP contribution in [0.2, 0.25) is 10.0 Å². The molecule has 13 heteroatoms. The molecule has 2 fully saturated rings. The van der Waals surface area contributed by atoms with Crippen molar-refractivity contribution in [3.8, 4) is 39.4 Å². The van der Waals surface area contributed by atoms with Gasteiger partial charge in [0.15, 0.2) is 0 Å². The van der Waals surface area contributed by atoms with E-state index in [0.717, 1.165) is 39.8 Å². The third-order valence-electron chi connectivity index (χ3n) is 9.55. The summed E-state index contributed by atoms with van der Waals surface area (Å²) in [5.74, 6) is 0.551. The highest BCUT2D eigenvalue weighted by atomic mass is 35.5. The molecule has 2 aliphatic heterocycles. The quantitative estimate of drug-likeness (QED) is 0.175. The van der Waals surface area contributed by atoms with Crippen molar-refractivity contribution in [2.24, 2.45) is 5.92 Å². The van der Waals surface area contributed by atoms with Crippen molar-refractivity contribution in [1.29, 1.82) is 0 Å². The number of ether oxygens (including phenoxy) is 1. The van der Waals surface area contributed by atoms with E-state index in [4.69, 9.17) is 32.9 Å². The second kappa shape index (κ2) is 14.8. The van der Waals surface area contributed by atoms with Crippen LogP contribution in [0.4, 0.5) is 0 Å². The molecule has 0 saturated carbocycles. The van der Waals surface area contributed by atoms with Crippen LogP contribution in [-0.2, 0) is 22.7 Å². The fourth-order valence-electron chi connectivity index (χ4n) is 6.74. The van der Waals surface area contributed by atoms with E-state index in [2.05, 4.69) is 25.8 Å². The van der Waals surface area contributed by atoms with Gasteiger partial charge >= 0.3 is 0 Å². The smallest absolute Gasteiger partial charge is 0.262 e. The Hall–Kier alpha value is -4.81. The van der Waals surface area contributed by atoms with Crippen molar-refractivity contribution < 1.29 is 14.3 Å². The molecular formula is C38H37Cl2N7O4. The average Bonchev–Trinajstić information content (AvgIpc) is 3.55. The van der Waals surface area contributed by atoms with Crippen LogP contribution < -0.4 is 26.2 Å². The summed E-state index contributed by atoms with van der Waals surface area (Å²) < 4.78 is 7.18. The maximum absolute atomic E-state index is 13.3. The van der Waals surface area contributed by atoms with Crippen LogP contribution in [0.1, 0.15) is 24.0 Å². The Morgan fingerprint density at radius 1 is 0.980 bits per heavy atom. The lowest BCUT2D eigenvalue weighted by Gasteiger charge is -2.37. The first-order chi connectivity index (χ1) is 24.7. The minimum Gasteiger partial charge on any atom is -0.481 e. The molecule has 11 nitrogen and oxygen atoms in total. The Labute approximate surface area is 305 Å². The molecule has 5 heterocycles. The van der Waals surface area contributed by atoms with Gasteiger partial charge in [0.25, 0.3) is 5.56 Å². The molecule has 7 rings (SSSR count). The fourth-order valence-corrected chi connectivity index (χ4v) is 7.40. The zero-order chi connectivity index (χ0) is 35.6. The number of halogens is 2. The Balaban J connectivity index is 1.11. The number of fused-ring (bicyclic) bond motifs is 1. The number of amides is 2. The summed E-state index contributed by atoms with van der Waals surface area (Å²) in [6.45, 7) is 2.87. The Kier molecular flexibility index (Phi) is 10.1. The number of benzene rings is 2. The summed E-state index contributed by atoms with van der Waals surface area (Å²) in [5, 5.41) is 10.0. The normalized spacial score (nSPS) is 16.2. The van der Waals surface area contributed by atoms with Gasteiger partial charge in [-0.3, -0.25) is 23.7 Å². The van der Waals surface area contributed by atoms with Crippen LogP contribution in [0.3, 0.4) is 0 Å². The zero-order valence-corrected chi connectivity index (χ0v) is 29.7. The van der Waals surface area contributed by atoms with Gasteiger partial charge in [0.05, 0.1) is 34.3 Å². The van der Waals surface area contributed by atoms with Gasteiger partial charge in [0.1, 0.15) is 5.65 Å². The largest absolute Gasteiger partial charge is 0.481 e. The number of hydrogen-bond donors (Lipinski definition) is 3. The molecular weight excluding hydrogens is 689 g/mol. The molecule has 1 atom stereocenters. The SMILES string of the molecule is CNC(=O)C1CN(Cc2cnc3cc(-c4cccc(-c5cccc(-c6ccc(CNCC7CCC(=O)N7)c(OC)n6)c5Cl)c4Cl)ccn3c2=O)C1. The topological polar surface area (TPSA) is 130 Å². The van der Waals surface area contributed by atoms with Crippen molar-refractivity contribution in [2.75, 3.05) is 33.8 Å². The number of aromatic nitrogens is 3. The highest BCUT2D eigenvalue weighted by molar-refractivity contribution is 6.39. The first-order valence-electron chi connectivity index (χ1n) is 16.8. The number of nitrogens with zero attached hydrogens (tertiary/aromatic N) is 4. The molecule has 2 amide bonds. The van der Waals surface area contributed by atoms with E-state index in [1.165, 1.54) is 4.40 Å². The molecule has 0 aliphatic carbocycles. The number of nitrogens with one attached hydrogen (secondary N) is 3. The van der Waals surface area contributed by atoms with Gasteiger partial charge < -0.3 is 20.7 Å². The molecule has 3 N–H and O–H groups in total. The van der Waals surface area contributed by atoms with Crippen LogP contribution in [0.5, 0.6) is 5.88 Å². The van der Waals surface area contributed by atoms with E-state index < -0.39 is 0 Å². The number of methoxy groups -OCH3 is 1. The van der Waals surface area contributed by atoms with Gasteiger partial charge in [-0.2, -0.15) is 0 Å². The second-order valence-electron chi connectivity index (χ2n) is 12.9. The molecule has 0 spiro atoms. The summed E-state index contributed by atoms with van der Waals surface area (Å²) in [6, 6.07) is 19.2. The standard InChI is InChI=1S/C38H37Cl2N7O4/c1-41-36(49)25-20-46(21-25)19-24-17-43-32-15-22(13-14-47(32)38(24)50)27-5-3-6-28(34(27)39)29-7-4-8-30(35(29)40)31-11-9-23(37(45-31)51-2)16-42-18-26-10-12-33(48)44-26/h3-9,11,13-15,17,25-26,42H,10,12,16,18-21H2,1-2H3,(H,41,49)(H,44,48). The Bertz CT molecular complexity index is 2200. The Morgan fingerprint density at radius 3 is 2.41 bits per heavy atom. The van der Waals surface area contributed by atoms with E-state index in [0.29, 0.717) is 72.0 Å². The monoisotopic (exact) mass is 725 g/mol. The highest BCUT2D eigenvalue weighted by Gasteiger charge is 2.32. The van der Waals surface area contributed by atoms with Gasteiger partial charge in [-0.05, 0) is 30.2 Å². The zero-order valence-electron chi connectivity index (χ0n) is 28.2. The van der Waals surface area contributed by atoms with Gasteiger partial charge in [-0.15, -0.1) is 0 Å². The molecule has 5 aromatic rings. The molecule has 2 saturated heterocycles. The maximum atomic E-state index is 13.3. The summed E-state index contributed by atoms with van der Waals surface area (Å²) >= 11 is 14.2. The average molecular weight is 727 g/mol. The van der Waals surface area contributed by atoms with Gasteiger partial charge in [0, 0.05) is 92.4 Å². The van der Waals surface area contributed by atoms with Gasteiger partial charge in [-0.1, -0.05) is 65.7 Å². The van der Waals surface area contributed by atoms with Crippen molar-refractivity contribution in [1.82, 2.24) is 35.2 Å². The lowest BCUT2D eigenvalue weighted by atomic mass is 9.97. The van der Waals surface area contributed by atoms with E-state index in [1.807, 2.05) is 60.7 Å². The molecule has 3 aromatic heterocycles. The van der Waals surface area contributed by atoms with E-state index in [9.17, 15) is 14.4 Å². The van der Waals surface area contributed by atoms with Crippen LogP contribution in [0, 0.1) is 5.92 Å². The van der Waals surface area contributed by atoms with Crippen LogP contribution in [0.25, 0.3) is 39.2 Å². The maximum Gasteiger partial charge on any atom is 0.262 e. The fraction of sp³-hybridized carbons (Fsp3) is 0.289. The number of pyridine rings is 2. The molecule has 1 unspecified atom stereocenters. The van der Waals surface area contributed by atoms with Crippen molar-refractivity contribution in [3.63, 3.8) is 0 Å². The first-order valence-corrected chi connectivity index (χ1v) is 17.6. The molecule has 262 valence electrons. The molecule has 2 aromatic carbocycles. The minimum atomic E-state index is -0.146. The number of hydrogen-bond acceptors (Lipinski definition) is 8. The predicted molar refractivity (Wildman–Crippen MR) is 198 cm³/mol. The second-order valence-corrected chi connectivity index (χ2v) is 13.6. The molecule has 0 bridgehead atoms. The summed E-state index contributed by atoms with van der Waals surface area (Å²) in [7, 11) is 3.22. The van der Waals surface area contributed by atoms with Gasteiger partial charge in [0.2, 0.25) is 17.7 Å². The lowest BCUT2D eigenvalue weighted by Crippen LogP contribution is -2.52. The highest BCUT2D eigenvalue weighted by Crippen LogP contribution is 2.42. The summed E-state index contributed by atoms with van der Waals surface area (Å²) in [5.41, 5.74) is 6.27. The number of carbonyl (C=O) groups is 2. The van der Waals surface area contributed by atoms with Crippen molar-refractivity contribution >= 4 is 40.7 Å². The lowest BCUT2D eigenvalue weighted by molar-refractivity contribution is -0.130. The third-order valence-corrected chi connectivity index (χ3v) is 10.4. The number of rotatable bonds is 11. The third kappa shape index (κ3) is 7.07. The van der Waals surface area contributed by atoms with Gasteiger partial charge in [-0.25, -0.2) is 9.97 Å². The summed E-state index contributed by atoms with van der Waals surface area (Å²) in [6.07, 6.45) is 4.72. The van der Waals surface area contributed by atoms with Crippen LogP contribution in [0.15, 0.2) is 77.9 Å². The number of carbonyl (C=O) groups excluding carboxylic acids is 2. The van der Waals surface area contributed by atoms with Crippen LogP contribution >= 0.6 is 23.2 Å². The van der Waals surface area contributed by atoms with E-state index in [1.54, 1.807) is 26.6 Å². The first kappa shape index (κ1) is 34.6. The molecule has 0 radical (unpaired) electrons. The minimum absolute atomic E-state index is 0.0194. The molecule has 2 aliphatic rings. The molecule has 51 heavy (non-hydrogen) atoms.